The number of pyridine rings is 1. The normalized spacial score (nSPS) is 15.3. The number of amidine groups is 1. The Hall–Kier alpha value is -7.14. The zero-order valence-electron chi connectivity index (χ0n) is 30.7. The van der Waals surface area contributed by atoms with Gasteiger partial charge in [0.15, 0.2) is 0 Å². The number of hydrogen-bond donors (Lipinski definition) is 2. The van der Waals surface area contributed by atoms with Crippen LogP contribution < -0.4 is 10.6 Å². The molecule has 2 N–H and O–H groups in total. The van der Waals surface area contributed by atoms with Gasteiger partial charge in [0.05, 0.1) is 11.2 Å². The fourth-order valence-corrected chi connectivity index (χ4v) is 7.89. The first-order valence-corrected chi connectivity index (χ1v) is 19.1. The number of nitrogens with zero attached hydrogens (tertiary/aromatic N) is 2. The Balaban J connectivity index is 1.10. The quantitative estimate of drug-likeness (QED) is 0.161. The second-order valence-corrected chi connectivity index (χ2v) is 14.3. The number of hydrogen-bond acceptors (Lipinski definition) is 4. The first kappa shape index (κ1) is 33.4. The fraction of sp³-hybridized carbons (Fsp3) is 0.0385. The second-order valence-electron chi connectivity index (χ2n) is 14.3. The molecule has 2 unspecified atom stereocenters. The van der Waals surface area contributed by atoms with E-state index in [1.54, 1.807) is 0 Å². The van der Waals surface area contributed by atoms with E-state index in [0.29, 0.717) is 0 Å². The average molecular weight is 719 g/mol. The van der Waals surface area contributed by atoms with Gasteiger partial charge in [0, 0.05) is 21.9 Å². The summed E-state index contributed by atoms with van der Waals surface area (Å²) in [6.07, 6.45) is -0.439. The third-order valence-corrected chi connectivity index (χ3v) is 10.7. The van der Waals surface area contributed by atoms with Gasteiger partial charge in [-0.2, -0.15) is 0 Å². The van der Waals surface area contributed by atoms with E-state index in [4.69, 9.17) is 9.98 Å². The monoisotopic (exact) mass is 718 g/mol. The van der Waals surface area contributed by atoms with Gasteiger partial charge in [0.2, 0.25) is 0 Å². The van der Waals surface area contributed by atoms with E-state index in [1.807, 2.05) is 6.07 Å². The Bertz CT molecular complexity index is 2850. The van der Waals surface area contributed by atoms with Crippen molar-refractivity contribution in [3.05, 3.63) is 223 Å². The summed E-state index contributed by atoms with van der Waals surface area (Å²) in [4.78, 5) is 10.5. The third-order valence-electron chi connectivity index (χ3n) is 10.7. The van der Waals surface area contributed by atoms with Crippen molar-refractivity contribution in [2.75, 3.05) is 0 Å². The van der Waals surface area contributed by atoms with Gasteiger partial charge in [-0.05, 0) is 80.2 Å². The largest absolute Gasteiger partial charge is 0.350 e. The first-order chi connectivity index (χ1) is 27.7. The van der Waals surface area contributed by atoms with Crippen molar-refractivity contribution < 1.29 is 0 Å². The number of para-hydroxylation sites is 1. The van der Waals surface area contributed by atoms with Crippen molar-refractivity contribution in [2.45, 2.75) is 12.3 Å². The summed E-state index contributed by atoms with van der Waals surface area (Å²) in [7, 11) is 0. The van der Waals surface area contributed by atoms with Crippen LogP contribution in [0.5, 0.6) is 0 Å². The van der Waals surface area contributed by atoms with Gasteiger partial charge in [-0.3, -0.25) is 5.32 Å². The van der Waals surface area contributed by atoms with Gasteiger partial charge in [0.25, 0.3) is 0 Å². The summed E-state index contributed by atoms with van der Waals surface area (Å²) >= 11 is 0. The van der Waals surface area contributed by atoms with Gasteiger partial charge in [0.1, 0.15) is 18.2 Å². The van der Waals surface area contributed by atoms with Crippen LogP contribution in [0.25, 0.3) is 66.3 Å². The molecule has 2 heterocycles. The van der Waals surface area contributed by atoms with Crippen LogP contribution >= 0.6 is 0 Å². The molecule has 56 heavy (non-hydrogen) atoms. The van der Waals surface area contributed by atoms with E-state index in [2.05, 4.69) is 211 Å². The maximum absolute atomic E-state index is 5.33. The zero-order valence-corrected chi connectivity index (χ0v) is 30.7. The van der Waals surface area contributed by atoms with Crippen LogP contribution in [0.2, 0.25) is 0 Å². The molecule has 1 aromatic heterocycles. The van der Waals surface area contributed by atoms with E-state index in [0.717, 1.165) is 66.9 Å². The van der Waals surface area contributed by atoms with Gasteiger partial charge in [-0.1, -0.05) is 176 Å². The molecule has 2 atom stereocenters. The Morgan fingerprint density at radius 2 is 0.875 bits per heavy atom. The standard InChI is InChI=1S/C52H38N4/c1-4-15-35(16-5-1)40-21-14-22-41(31-40)43-32-42(36-27-29-37(30-28-36)49-47-25-11-10-23-45(47)46-24-12-13-26-48(46)53-49)33-44(34-43)52-55-50(38-17-6-2-7-18-38)54-51(56-52)39-19-8-3-9-20-39/h1-34,50,52,55H,(H,54,56). The van der Waals surface area contributed by atoms with Crippen molar-refractivity contribution in [3.8, 4) is 44.6 Å². The SMILES string of the molecule is c1ccc(C2=NC(c3cc(-c4ccc(-c5nc6ccccc6c6ccccc56)cc4)cc(-c4cccc(-c5ccccc5)c4)c3)NC(c3ccccc3)N2)cc1. The summed E-state index contributed by atoms with van der Waals surface area (Å²) in [5.41, 5.74) is 13.3. The summed E-state index contributed by atoms with van der Waals surface area (Å²) < 4.78 is 0. The molecule has 10 rings (SSSR count). The van der Waals surface area contributed by atoms with Crippen LogP contribution in [-0.4, -0.2) is 10.8 Å². The minimum atomic E-state index is -0.305. The molecule has 0 radical (unpaired) electrons. The van der Waals surface area contributed by atoms with Crippen LogP contribution in [0, 0.1) is 0 Å². The van der Waals surface area contributed by atoms with Crippen LogP contribution in [0.4, 0.5) is 0 Å². The zero-order chi connectivity index (χ0) is 37.3. The van der Waals surface area contributed by atoms with Crippen molar-refractivity contribution in [3.63, 3.8) is 0 Å². The minimum absolute atomic E-state index is 0.133. The maximum atomic E-state index is 5.33. The molecule has 0 aliphatic carbocycles. The van der Waals surface area contributed by atoms with Crippen molar-refractivity contribution in [1.82, 2.24) is 15.6 Å². The molecule has 4 heteroatoms. The topological polar surface area (TPSA) is 49.3 Å². The molecule has 1 aliphatic heterocycles. The number of rotatable bonds is 7. The molecule has 0 amide bonds. The minimum Gasteiger partial charge on any atom is -0.350 e. The lowest BCUT2D eigenvalue weighted by Crippen LogP contribution is -2.44. The molecule has 0 saturated carbocycles. The maximum Gasteiger partial charge on any atom is 0.131 e. The lowest BCUT2D eigenvalue weighted by molar-refractivity contribution is 0.409. The van der Waals surface area contributed by atoms with Gasteiger partial charge in [-0.15, -0.1) is 0 Å². The van der Waals surface area contributed by atoms with Crippen LogP contribution in [-0.2, 0) is 0 Å². The molecular weight excluding hydrogens is 681 g/mol. The molecule has 9 aromatic rings. The molecule has 0 spiro atoms. The predicted molar refractivity (Wildman–Crippen MR) is 232 cm³/mol. The average Bonchev–Trinajstić information content (AvgIpc) is 3.29. The van der Waals surface area contributed by atoms with Crippen LogP contribution in [0.15, 0.2) is 211 Å². The third kappa shape index (κ3) is 6.53. The van der Waals surface area contributed by atoms with Gasteiger partial charge < -0.3 is 5.32 Å². The molecule has 8 aromatic carbocycles. The first-order valence-electron chi connectivity index (χ1n) is 19.1. The Morgan fingerprint density at radius 1 is 0.357 bits per heavy atom. The Labute approximate surface area is 326 Å². The fourth-order valence-electron chi connectivity index (χ4n) is 7.89. The smallest absolute Gasteiger partial charge is 0.131 e. The number of benzene rings is 8. The molecule has 266 valence electrons. The number of aliphatic imine (C=N–C) groups is 1. The molecular formula is C52H38N4. The molecule has 0 fully saturated rings. The van der Waals surface area contributed by atoms with E-state index >= 15 is 0 Å². The van der Waals surface area contributed by atoms with E-state index in [1.165, 1.54) is 21.9 Å². The Kier molecular flexibility index (Phi) is 8.71. The highest BCUT2D eigenvalue weighted by Gasteiger charge is 2.26. The molecule has 0 saturated heterocycles. The van der Waals surface area contributed by atoms with Gasteiger partial charge in [-0.25, -0.2) is 9.98 Å². The summed E-state index contributed by atoms with van der Waals surface area (Å²) in [6.45, 7) is 0. The number of aromatic nitrogens is 1. The molecule has 1 aliphatic rings. The van der Waals surface area contributed by atoms with Crippen molar-refractivity contribution in [2.24, 2.45) is 4.99 Å². The van der Waals surface area contributed by atoms with Crippen molar-refractivity contribution in [1.29, 1.82) is 0 Å². The van der Waals surface area contributed by atoms with E-state index in [-0.39, 0.29) is 12.3 Å². The highest BCUT2D eigenvalue weighted by molar-refractivity contribution is 6.10. The second kappa shape index (κ2) is 14.6. The Morgan fingerprint density at radius 3 is 1.61 bits per heavy atom. The number of fused-ring (bicyclic) bond motifs is 3. The summed E-state index contributed by atoms with van der Waals surface area (Å²) in [5.74, 6) is 0.862. The summed E-state index contributed by atoms with van der Waals surface area (Å²) in [5, 5.41) is 11.1. The highest BCUT2D eigenvalue weighted by Crippen LogP contribution is 2.37. The highest BCUT2D eigenvalue weighted by atomic mass is 15.3. The van der Waals surface area contributed by atoms with Crippen LogP contribution in [0.3, 0.4) is 0 Å². The lowest BCUT2D eigenvalue weighted by Gasteiger charge is -2.32. The number of nitrogens with one attached hydrogen (secondary N) is 2. The van der Waals surface area contributed by atoms with E-state index in [9.17, 15) is 0 Å². The van der Waals surface area contributed by atoms with E-state index < -0.39 is 0 Å². The molecule has 0 bridgehead atoms. The summed E-state index contributed by atoms with van der Waals surface area (Å²) in [6, 6.07) is 73.1. The predicted octanol–water partition coefficient (Wildman–Crippen LogP) is 12.4. The van der Waals surface area contributed by atoms with Crippen LogP contribution in [0.1, 0.15) is 29.0 Å². The van der Waals surface area contributed by atoms with Gasteiger partial charge >= 0.3 is 0 Å². The van der Waals surface area contributed by atoms with Crippen molar-refractivity contribution >= 4 is 27.5 Å². The lowest BCUT2D eigenvalue weighted by atomic mass is 9.92. The molecule has 4 nitrogen and oxygen atoms in total.